The number of anilines is 1. The van der Waals surface area contributed by atoms with E-state index >= 15 is 0 Å². The van der Waals surface area contributed by atoms with Gasteiger partial charge in [0.25, 0.3) is 0 Å². The highest BCUT2D eigenvalue weighted by atomic mass is 31.2. The summed E-state index contributed by atoms with van der Waals surface area (Å²) in [5.74, 6) is 0.922. The van der Waals surface area contributed by atoms with Crippen molar-refractivity contribution in [2.45, 2.75) is 26.5 Å². The molecule has 2 N–H and O–H groups in total. The molecule has 0 fully saturated rings. The smallest absolute Gasteiger partial charge is 0.474 e. The molecule has 0 aliphatic heterocycles. The van der Waals surface area contributed by atoms with Gasteiger partial charge in [-0.15, -0.1) is 0 Å². The van der Waals surface area contributed by atoms with Crippen molar-refractivity contribution in [1.82, 2.24) is 4.98 Å². The van der Waals surface area contributed by atoms with E-state index in [-0.39, 0.29) is 26.4 Å². The lowest BCUT2D eigenvalue weighted by Gasteiger charge is -2.24. The Morgan fingerprint density at radius 2 is 1.73 bits per heavy atom. The van der Waals surface area contributed by atoms with E-state index < -0.39 is 13.9 Å². The van der Waals surface area contributed by atoms with Crippen LogP contribution < -0.4 is 14.8 Å². The van der Waals surface area contributed by atoms with E-state index in [1.807, 2.05) is 6.07 Å². The van der Waals surface area contributed by atoms with Crippen LogP contribution in [0.2, 0.25) is 0 Å². The van der Waals surface area contributed by atoms with Gasteiger partial charge in [0.05, 0.1) is 57.9 Å². The number of hydrogen-bond donors (Lipinski definition) is 2. The van der Waals surface area contributed by atoms with Crippen molar-refractivity contribution >= 4 is 13.5 Å². The van der Waals surface area contributed by atoms with Gasteiger partial charge in [0, 0.05) is 12.4 Å². The summed E-state index contributed by atoms with van der Waals surface area (Å²) in [5.41, 5.74) is 1.99. The minimum absolute atomic E-state index is 0.0308. The van der Waals surface area contributed by atoms with Crippen LogP contribution in [0.5, 0.6) is 11.5 Å². The van der Waals surface area contributed by atoms with Gasteiger partial charge in [-0.3, -0.25) is 18.6 Å². The molecule has 0 radical (unpaired) electrons. The number of nitrogens with zero attached hydrogens (tertiary/aromatic N) is 1. The van der Waals surface area contributed by atoms with E-state index in [9.17, 15) is 9.67 Å². The van der Waals surface area contributed by atoms with Crippen LogP contribution in [0.3, 0.4) is 0 Å². The molecule has 10 heteroatoms. The predicted molar refractivity (Wildman–Crippen MR) is 113 cm³/mol. The topological polar surface area (TPSA) is 108 Å². The molecule has 1 unspecified atom stereocenters. The van der Waals surface area contributed by atoms with E-state index in [0.717, 1.165) is 11.3 Å². The van der Waals surface area contributed by atoms with E-state index in [1.54, 1.807) is 44.4 Å². The number of pyridine rings is 1. The molecule has 2 rings (SSSR count). The molecule has 9 nitrogen and oxygen atoms in total. The second-order valence-electron chi connectivity index (χ2n) is 6.08. The maximum absolute atomic E-state index is 12.8. The zero-order chi connectivity index (χ0) is 22.0. The molecular weight excluding hydrogens is 411 g/mol. The maximum atomic E-state index is 12.8. The quantitative estimate of drug-likeness (QED) is 0.448. The molecular formula is C20H29N2O7P. The Hall–Kier alpha value is -2.16. The number of aliphatic hydroxyl groups is 1. The lowest BCUT2D eigenvalue weighted by atomic mass is 10.0. The molecule has 0 amide bonds. The largest absolute Gasteiger partial charge is 0.496 e. The summed E-state index contributed by atoms with van der Waals surface area (Å²) in [4.78, 5) is 4.10. The molecule has 1 aromatic heterocycles. The molecule has 1 aromatic carbocycles. The minimum Gasteiger partial charge on any atom is -0.496 e. The Balaban J connectivity index is 2.39. The number of phosphoric ester groups is 1. The number of phosphoric acid groups is 1. The number of hydrogen-bond acceptors (Lipinski definition) is 9. The van der Waals surface area contributed by atoms with Gasteiger partial charge in [-0.1, -0.05) is 0 Å². The third kappa shape index (κ3) is 6.42. The predicted octanol–water partition coefficient (Wildman–Crippen LogP) is 3.94. The summed E-state index contributed by atoms with van der Waals surface area (Å²) < 4.78 is 39.6. The molecule has 0 bridgehead atoms. The first-order valence-corrected chi connectivity index (χ1v) is 11.0. The first-order chi connectivity index (χ1) is 14.5. The highest BCUT2D eigenvalue weighted by Gasteiger charge is 2.28. The number of ether oxygens (including phenoxy) is 2. The van der Waals surface area contributed by atoms with E-state index in [1.165, 1.54) is 14.2 Å². The van der Waals surface area contributed by atoms with Crippen LogP contribution >= 0.6 is 7.82 Å². The average Bonchev–Trinajstić information content (AvgIpc) is 2.76. The maximum Gasteiger partial charge on any atom is 0.474 e. The molecule has 1 heterocycles. The normalized spacial score (nSPS) is 12.4. The van der Waals surface area contributed by atoms with E-state index in [2.05, 4.69) is 10.3 Å². The summed E-state index contributed by atoms with van der Waals surface area (Å²) >= 11 is 0. The Morgan fingerprint density at radius 1 is 1.10 bits per heavy atom. The highest BCUT2D eigenvalue weighted by Crippen LogP contribution is 2.50. The summed E-state index contributed by atoms with van der Waals surface area (Å²) in [6.45, 7) is 3.52. The summed E-state index contributed by atoms with van der Waals surface area (Å²) in [6.07, 6.45) is 3.32. The van der Waals surface area contributed by atoms with Gasteiger partial charge in [0.15, 0.2) is 0 Å². The summed E-state index contributed by atoms with van der Waals surface area (Å²) in [6, 6.07) is 6.69. The second-order valence-corrected chi connectivity index (χ2v) is 7.75. The van der Waals surface area contributed by atoms with Gasteiger partial charge in [0.2, 0.25) is 0 Å². The number of aliphatic hydroxyl groups excluding tert-OH is 1. The second kappa shape index (κ2) is 11.9. The highest BCUT2D eigenvalue weighted by molar-refractivity contribution is 7.48. The Kier molecular flexibility index (Phi) is 9.55. The van der Waals surface area contributed by atoms with Crippen molar-refractivity contribution in [3.05, 3.63) is 47.8 Å². The number of methoxy groups -OCH3 is 2. The van der Waals surface area contributed by atoms with Crippen LogP contribution in [0, 0.1) is 0 Å². The fourth-order valence-electron chi connectivity index (χ4n) is 2.83. The fraction of sp³-hybridized carbons (Fsp3) is 0.450. The fourth-order valence-corrected chi connectivity index (χ4v) is 4.01. The molecule has 0 saturated carbocycles. The van der Waals surface area contributed by atoms with Crippen LogP contribution in [-0.2, 0) is 24.7 Å². The SMILES string of the molecule is CCOP(=O)(OCC)OCC(Nc1cccnc1)c1cc(OC)c(CO)c(OC)c1. The van der Waals surface area contributed by atoms with Gasteiger partial charge in [0.1, 0.15) is 11.5 Å². The van der Waals surface area contributed by atoms with Crippen LogP contribution in [-0.4, -0.2) is 44.1 Å². The lowest BCUT2D eigenvalue weighted by molar-refractivity contribution is 0.118. The third-order valence-corrected chi connectivity index (χ3v) is 5.78. The lowest BCUT2D eigenvalue weighted by Crippen LogP contribution is -2.18. The minimum atomic E-state index is -3.71. The van der Waals surface area contributed by atoms with Crippen molar-refractivity contribution in [3.8, 4) is 11.5 Å². The van der Waals surface area contributed by atoms with Crippen molar-refractivity contribution in [2.24, 2.45) is 0 Å². The van der Waals surface area contributed by atoms with Crippen LogP contribution in [0.1, 0.15) is 31.0 Å². The van der Waals surface area contributed by atoms with Gasteiger partial charge in [-0.2, -0.15) is 0 Å². The zero-order valence-electron chi connectivity index (χ0n) is 17.7. The van der Waals surface area contributed by atoms with Crippen LogP contribution in [0.25, 0.3) is 0 Å². The van der Waals surface area contributed by atoms with Crippen LogP contribution in [0.4, 0.5) is 5.69 Å². The number of benzene rings is 1. The van der Waals surface area contributed by atoms with Crippen molar-refractivity contribution in [2.75, 3.05) is 39.4 Å². The number of aromatic nitrogens is 1. The van der Waals surface area contributed by atoms with Crippen molar-refractivity contribution in [1.29, 1.82) is 0 Å². The summed E-state index contributed by atoms with van der Waals surface area (Å²) in [7, 11) is -0.689. The van der Waals surface area contributed by atoms with E-state index in [4.69, 9.17) is 23.0 Å². The Labute approximate surface area is 176 Å². The zero-order valence-corrected chi connectivity index (χ0v) is 18.6. The van der Waals surface area contributed by atoms with Gasteiger partial charge < -0.3 is 19.9 Å². The summed E-state index contributed by atoms with van der Waals surface area (Å²) in [5, 5.41) is 13.0. The Morgan fingerprint density at radius 3 is 2.20 bits per heavy atom. The Bertz CT molecular complexity index is 800. The monoisotopic (exact) mass is 440 g/mol. The molecule has 30 heavy (non-hydrogen) atoms. The molecule has 0 aliphatic carbocycles. The van der Waals surface area contributed by atoms with Gasteiger partial charge in [-0.25, -0.2) is 4.57 Å². The standard InChI is InChI=1S/C20H29N2O7P/c1-5-27-30(24,28-6-2)29-14-18(22-16-8-7-9-21-12-16)15-10-19(25-3)17(13-23)20(11-15)26-4/h7-12,18,22-23H,5-6,13-14H2,1-4H3. The molecule has 0 saturated heterocycles. The van der Waals surface area contributed by atoms with Gasteiger partial charge >= 0.3 is 7.82 Å². The molecule has 0 spiro atoms. The number of rotatable bonds is 13. The molecule has 1 atom stereocenters. The van der Waals surface area contributed by atoms with Crippen molar-refractivity contribution in [3.63, 3.8) is 0 Å². The number of nitrogens with one attached hydrogen (secondary N) is 1. The van der Waals surface area contributed by atoms with E-state index in [0.29, 0.717) is 17.1 Å². The first kappa shape index (κ1) is 24.1. The molecule has 166 valence electrons. The molecule has 0 aliphatic rings. The molecule has 2 aromatic rings. The third-order valence-electron chi connectivity index (χ3n) is 4.17. The van der Waals surface area contributed by atoms with Crippen LogP contribution in [0.15, 0.2) is 36.7 Å². The van der Waals surface area contributed by atoms with Gasteiger partial charge in [-0.05, 0) is 43.7 Å². The average molecular weight is 440 g/mol. The first-order valence-electron chi connectivity index (χ1n) is 9.56. The van der Waals surface area contributed by atoms with Crippen molar-refractivity contribution < 1.29 is 32.7 Å².